The topological polar surface area (TPSA) is 63.9 Å². The molecule has 0 unspecified atom stereocenters. The fourth-order valence-electron chi connectivity index (χ4n) is 1.66. The van der Waals surface area contributed by atoms with Crippen molar-refractivity contribution in [3.05, 3.63) is 24.2 Å². The van der Waals surface area contributed by atoms with Gasteiger partial charge in [-0.15, -0.1) is 0 Å². The van der Waals surface area contributed by atoms with Gasteiger partial charge in [0.05, 0.1) is 19.4 Å². The summed E-state index contributed by atoms with van der Waals surface area (Å²) in [5.41, 5.74) is -0.496. The number of hydrogen-bond donors (Lipinski definition) is 1. The first-order valence-electron chi connectivity index (χ1n) is 7.12. The number of hydrogen-bond acceptors (Lipinski definition) is 5. The second-order valence-corrected chi connectivity index (χ2v) is 5.72. The number of carbonyl (C=O) groups is 1. The van der Waals surface area contributed by atoms with E-state index in [1.54, 1.807) is 18.3 Å². The molecule has 0 spiro atoms. The fourth-order valence-corrected chi connectivity index (χ4v) is 1.66. The van der Waals surface area contributed by atoms with Crippen molar-refractivity contribution in [3.63, 3.8) is 0 Å². The van der Waals surface area contributed by atoms with Gasteiger partial charge in [-0.3, -0.25) is 0 Å². The van der Waals surface area contributed by atoms with E-state index in [1.165, 1.54) is 0 Å². The summed E-state index contributed by atoms with van der Waals surface area (Å²) in [6.45, 7) is 8.41. The average molecular weight is 298 g/mol. The van der Waals surface area contributed by atoms with Crippen molar-refractivity contribution in [1.29, 1.82) is 0 Å². The van der Waals surface area contributed by atoms with E-state index in [4.69, 9.17) is 13.9 Å². The first-order chi connectivity index (χ1) is 9.92. The van der Waals surface area contributed by atoms with Gasteiger partial charge in [0.2, 0.25) is 0 Å². The summed E-state index contributed by atoms with van der Waals surface area (Å²) in [4.78, 5) is 13.7. The number of rotatable bonds is 8. The molecule has 21 heavy (non-hydrogen) atoms. The van der Waals surface area contributed by atoms with Gasteiger partial charge in [-0.05, 0) is 32.9 Å². The Labute approximate surface area is 126 Å². The third-order valence-electron chi connectivity index (χ3n) is 2.65. The minimum Gasteiger partial charge on any atom is -0.468 e. The molecule has 1 aromatic heterocycles. The maximum absolute atomic E-state index is 12.1. The van der Waals surface area contributed by atoms with Crippen LogP contribution in [0, 0.1) is 0 Å². The van der Waals surface area contributed by atoms with Gasteiger partial charge in [0.25, 0.3) is 0 Å². The molecule has 1 N–H and O–H groups in total. The maximum atomic E-state index is 12.1. The van der Waals surface area contributed by atoms with Gasteiger partial charge >= 0.3 is 6.09 Å². The molecule has 0 atom stereocenters. The van der Waals surface area contributed by atoms with Crippen LogP contribution in [-0.4, -0.2) is 49.9 Å². The number of amides is 1. The molecule has 1 amide bonds. The monoisotopic (exact) mass is 298 g/mol. The van der Waals surface area contributed by atoms with Crippen LogP contribution >= 0.6 is 0 Å². The van der Waals surface area contributed by atoms with Crippen LogP contribution in [0.2, 0.25) is 0 Å². The SMILES string of the molecule is COCCN(CCNCc1ccco1)C(=O)OC(C)(C)C. The predicted octanol–water partition coefficient (Wildman–Crippen LogP) is 2.25. The van der Waals surface area contributed by atoms with Crippen LogP contribution in [0.3, 0.4) is 0 Å². The van der Waals surface area contributed by atoms with Gasteiger partial charge in [0, 0.05) is 26.7 Å². The van der Waals surface area contributed by atoms with Crippen molar-refractivity contribution in [1.82, 2.24) is 10.2 Å². The smallest absolute Gasteiger partial charge is 0.410 e. The first kappa shape index (κ1) is 17.5. The highest BCUT2D eigenvalue weighted by Crippen LogP contribution is 2.09. The lowest BCUT2D eigenvalue weighted by molar-refractivity contribution is 0.0204. The quantitative estimate of drug-likeness (QED) is 0.746. The van der Waals surface area contributed by atoms with Crippen molar-refractivity contribution in [2.24, 2.45) is 0 Å². The van der Waals surface area contributed by atoms with Crippen LogP contribution in [-0.2, 0) is 16.0 Å². The fraction of sp³-hybridized carbons (Fsp3) is 0.667. The van der Waals surface area contributed by atoms with E-state index in [0.29, 0.717) is 32.8 Å². The largest absolute Gasteiger partial charge is 0.468 e. The summed E-state index contributed by atoms with van der Waals surface area (Å²) in [6, 6.07) is 3.76. The third kappa shape index (κ3) is 7.72. The minimum atomic E-state index is -0.496. The van der Waals surface area contributed by atoms with E-state index in [0.717, 1.165) is 5.76 Å². The Kier molecular flexibility index (Phi) is 7.25. The molecule has 0 bridgehead atoms. The molecule has 0 aromatic carbocycles. The molecule has 1 rings (SSSR count). The Morgan fingerprint density at radius 1 is 1.38 bits per heavy atom. The molecule has 0 fully saturated rings. The number of furan rings is 1. The van der Waals surface area contributed by atoms with Crippen molar-refractivity contribution < 1.29 is 18.7 Å². The molecule has 6 nitrogen and oxygen atoms in total. The van der Waals surface area contributed by atoms with Gasteiger partial charge < -0.3 is 24.1 Å². The van der Waals surface area contributed by atoms with Crippen LogP contribution in [0.15, 0.2) is 22.8 Å². The Balaban J connectivity index is 2.36. The summed E-state index contributed by atoms with van der Waals surface area (Å²) in [5.74, 6) is 0.871. The van der Waals surface area contributed by atoms with Crippen molar-refractivity contribution in [2.75, 3.05) is 33.4 Å². The van der Waals surface area contributed by atoms with E-state index in [1.807, 2.05) is 32.9 Å². The highest BCUT2D eigenvalue weighted by Gasteiger charge is 2.21. The Morgan fingerprint density at radius 3 is 2.71 bits per heavy atom. The van der Waals surface area contributed by atoms with E-state index >= 15 is 0 Å². The van der Waals surface area contributed by atoms with Gasteiger partial charge in [0.1, 0.15) is 11.4 Å². The van der Waals surface area contributed by atoms with Crippen LogP contribution in [0.1, 0.15) is 26.5 Å². The summed E-state index contributed by atoms with van der Waals surface area (Å²) in [5, 5.41) is 3.23. The standard InChI is InChI=1S/C15H26N2O4/c1-15(2,3)21-14(18)17(9-11-19-4)8-7-16-12-13-6-5-10-20-13/h5-6,10,16H,7-9,11-12H2,1-4H3. The summed E-state index contributed by atoms with van der Waals surface area (Å²) in [7, 11) is 1.61. The predicted molar refractivity (Wildman–Crippen MR) is 80.1 cm³/mol. The zero-order valence-electron chi connectivity index (χ0n) is 13.3. The van der Waals surface area contributed by atoms with Gasteiger partial charge in [-0.25, -0.2) is 4.79 Å². The van der Waals surface area contributed by atoms with E-state index in [9.17, 15) is 4.79 Å². The Hall–Kier alpha value is -1.53. The molecule has 0 radical (unpaired) electrons. The molecular weight excluding hydrogens is 272 g/mol. The molecule has 120 valence electrons. The molecule has 1 aromatic rings. The minimum absolute atomic E-state index is 0.320. The lowest BCUT2D eigenvalue weighted by Crippen LogP contribution is -2.42. The van der Waals surface area contributed by atoms with Crippen LogP contribution in [0.5, 0.6) is 0 Å². The number of ether oxygens (including phenoxy) is 2. The lowest BCUT2D eigenvalue weighted by atomic mass is 10.2. The molecule has 0 aliphatic heterocycles. The molecule has 1 heterocycles. The molecule has 0 aliphatic rings. The van der Waals surface area contributed by atoms with Crippen molar-refractivity contribution >= 4 is 6.09 Å². The van der Waals surface area contributed by atoms with Gasteiger partial charge in [0.15, 0.2) is 0 Å². The van der Waals surface area contributed by atoms with Crippen molar-refractivity contribution in [2.45, 2.75) is 32.9 Å². The highest BCUT2D eigenvalue weighted by molar-refractivity contribution is 5.68. The Morgan fingerprint density at radius 2 is 2.14 bits per heavy atom. The molecule has 6 heteroatoms. The third-order valence-corrected chi connectivity index (χ3v) is 2.65. The highest BCUT2D eigenvalue weighted by atomic mass is 16.6. The summed E-state index contributed by atoms with van der Waals surface area (Å²) < 4.78 is 15.6. The van der Waals surface area contributed by atoms with Crippen molar-refractivity contribution in [3.8, 4) is 0 Å². The van der Waals surface area contributed by atoms with Crippen LogP contribution < -0.4 is 5.32 Å². The normalized spacial score (nSPS) is 11.4. The second kappa shape index (κ2) is 8.69. The Bertz CT molecular complexity index is 398. The van der Waals surface area contributed by atoms with E-state index in [2.05, 4.69) is 5.32 Å². The summed E-state index contributed by atoms with van der Waals surface area (Å²) >= 11 is 0. The summed E-state index contributed by atoms with van der Waals surface area (Å²) in [6.07, 6.45) is 1.32. The zero-order valence-corrected chi connectivity index (χ0v) is 13.3. The number of carbonyl (C=O) groups excluding carboxylic acids is 1. The maximum Gasteiger partial charge on any atom is 0.410 e. The number of nitrogens with one attached hydrogen (secondary N) is 1. The van der Waals surface area contributed by atoms with E-state index in [-0.39, 0.29) is 6.09 Å². The number of methoxy groups -OCH3 is 1. The van der Waals surface area contributed by atoms with Crippen LogP contribution in [0.4, 0.5) is 4.79 Å². The molecule has 0 saturated heterocycles. The van der Waals surface area contributed by atoms with Gasteiger partial charge in [-0.1, -0.05) is 0 Å². The number of nitrogens with zero attached hydrogens (tertiary/aromatic N) is 1. The average Bonchev–Trinajstić information content (AvgIpc) is 2.88. The molecule has 0 saturated carbocycles. The van der Waals surface area contributed by atoms with Gasteiger partial charge in [-0.2, -0.15) is 0 Å². The zero-order chi connectivity index (χ0) is 15.7. The van der Waals surface area contributed by atoms with E-state index < -0.39 is 5.60 Å². The second-order valence-electron chi connectivity index (χ2n) is 5.72. The van der Waals surface area contributed by atoms with Crippen LogP contribution in [0.25, 0.3) is 0 Å². The molecule has 0 aliphatic carbocycles. The lowest BCUT2D eigenvalue weighted by Gasteiger charge is -2.27. The molecular formula is C15H26N2O4. The first-order valence-corrected chi connectivity index (χ1v) is 7.12.